The molecule has 0 unspecified atom stereocenters. The number of aryl methyl sites for hydroxylation is 2. The second-order valence-electron chi connectivity index (χ2n) is 3.18. The molecule has 0 fully saturated rings. The molecular weight excluding hydrogens is 214 g/mol. The Balaban J connectivity index is 0.000000921. The predicted molar refractivity (Wildman–Crippen MR) is 59.4 cm³/mol. The molecule has 0 amide bonds. The molecule has 0 atom stereocenters. The van der Waals surface area contributed by atoms with Crippen LogP contribution in [-0.2, 0) is 9.81 Å². The van der Waals surface area contributed by atoms with E-state index in [2.05, 4.69) is 5.14 Å². The van der Waals surface area contributed by atoms with Gasteiger partial charge >= 0.3 is 0 Å². The van der Waals surface area contributed by atoms with Crippen LogP contribution in [0.4, 0.5) is 0 Å². The fraction of sp³-hybridized carbons (Fsp3) is 0.400. The lowest BCUT2D eigenvalue weighted by Crippen LogP contribution is -2.42. The zero-order valence-electron chi connectivity index (χ0n) is 9.44. The summed E-state index contributed by atoms with van der Waals surface area (Å²) in [5, 5.41) is 4.68. The topological polar surface area (TPSA) is 89.2 Å². The molecule has 0 aromatic heterocycles. The van der Waals surface area contributed by atoms with E-state index in [4.69, 9.17) is 0 Å². The first kappa shape index (κ1) is 14.2. The van der Waals surface area contributed by atoms with Gasteiger partial charge in [-0.25, -0.2) is 0 Å². The maximum atomic E-state index is 11.0. The Morgan fingerprint density at radius 2 is 1.40 bits per heavy atom. The Hall–Kier alpha value is -0.750. The van der Waals surface area contributed by atoms with Gasteiger partial charge in [-0.2, -0.15) is 0 Å². The summed E-state index contributed by atoms with van der Waals surface area (Å²) in [6.07, 6.45) is 0. The molecule has 0 saturated heterocycles. The zero-order chi connectivity index (χ0) is 12.3. The van der Waals surface area contributed by atoms with Crippen molar-refractivity contribution >= 4 is 9.81 Å². The van der Waals surface area contributed by atoms with Gasteiger partial charge < -0.3 is 9.11 Å². The largest absolute Gasteiger partial charge is 0.785 e. The van der Waals surface area contributed by atoms with Crippen molar-refractivity contribution in [3.63, 3.8) is 0 Å². The van der Waals surface area contributed by atoms with Crippen LogP contribution >= 0.6 is 0 Å². The average Bonchev–Trinajstić information content (AvgIpc) is 2.03. The minimum Gasteiger partial charge on any atom is -0.785 e. The third kappa shape index (κ3) is 4.53. The molecule has 0 aliphatic carbocycles. The van der Waals surface area contributed by atoms with Crippen LogP contribution in [0.25, 0.3) is 0 Å². The minimum atomic E-state index is -5.57. The normalized spacial score (nSPS) is 13.4. The number of nitrogens with two attached hydrogens (primary N) is 1. The Kier molecular flexibility index (Phi) is 4.18. The summed E-state index contributed by atoms with van der Waals surface area (Å²) < 4.78 is 32.9. The van der Waals surface area contributed by atoms with Gasteiger partial charge in [-0.15, -0.1) is 9.81 Å². The maximum absolute atomic E-state index is 11.0. The van der Waals surface area contributed by atoms with Crippen molar-refractivity contribution in [2.75, 3.05) is 0 Å². The molecule has 0 spiro atoms. The minimum absolute atomic E-state index is 0.366. The van der Waals surface area contributed by atoms with Crippen molar-refractivity contribution in [1.82, 2.24) is 0 Å². The second kappa shape index (κ2) is 4.40. The van der Waals surface area contributed by atoms with Gasteiger partial charge in [0.2, 0.25) is 0 Å². The SMILES string of the molecule is CC.Cc1cc(C)cc(S(N)(=O)([O-])[O-])c1. The van der Waals surface area contributed by atoms with Gasteiger partial charge in [0.05, 0.1) is 0 Å². The molecule has 0 aliphatic rings. The molecule has 0 radical (unpaired) electrons. The first-order valence-corrected chi connectivity index (χ1v) is 6.55. The molecule has 0 bridgehead atoms. The summed E-state index contributed by atoms with van der Waals surface area (Å²) in [6, 6.07) is 4.30. The summed E-state index contributed by atoms with van der Waals surface area (Å²) >= 11 is 0. The third-order valence-electron chi connectivity index (χ3n) is 1.62. The highest BCUT2D eigenvalue weighted by Crippen LogP contribution is 2.23. The van der Waals surface area contributed by atoms with Crippen molar-refractivity contribution in [3.8, 4) is 0 Å². The number of primary sulfonamides is 3. The number of hydrogen-bond donors (Lipinski definition) is 1. The second-order valence-corrected chi connectivity index (χ2v) is 5.38. The van der Waals surface area contributed by atoms with Crippen LogP contribution in [-0.4, -0.2) is 13.3 Å². The van der Waals surface area contributed by atoms with E-state index in [9.17, 15) is 13.3 Å². The smallest absolute Gasteiger partial charge is 0.00533 e. The van der Waals surface area contributed by atoms with Crippen molar-refractivity contribution in [2.24, 2.45) is 5.14 Å². The predicted octanol–water partition coefficient (Wildman–Crippen LogP) is 1.64. The van der Waals surface area contributed by atoms with Crippen LogP contribution in [0.2, 0.25) is 0 Å². The molecular formula is C10H17NO3S-2. The molecule has 5 heteroatoms. The van der Waals surface area contributed by atoms with Crippen LogP contribution in [0.3, 0.4) is 0 Å². The van der Waals surface area contributed by atoms with E-state index < -0.39 is 9.81 Å². The molecule has 0 heterocycles. The maximum Gasteiger partial charge on any atom is 0.00533 e. The third-order valence-corrected chi connectivity index (χ3v) is 2.71. The van der Waals surface area contributed by atoms with Crippen LogP contribution in [0.15, 0.2) is 23.1 Å². The Bertz CT molecular complexity index is 378. The standard InChI is InChI=1S/C8H13NO3S.C2H6/c1-6-3-7(2)5-8(4-6)13(9,10,11)12;1-2/h3-5H,1-2H3,(H4,9,10,11,12);1-2H3/p-2. The highest BCUT2D eigenvalue weighted by molar-refractivity contribution is 8.08. The highest BCUT2D eigenvalue weighted by Gasteiger charge is 2.07. The lowest BCUT2D eigenvalue weighted by Gasteiger charge is -2.51. The molecule has 0 saturated carbocycles. The number of hydrogen-bond acceptors (Lipinski definition) is 3. The molecule has 4 nitrogen and oxygen atoms in total. The molecule has 1 aromatic rings. The van der Waals surface area contributed by atoms with E-state index >= 15 is 0 Å². The summed E-state index contributed by atoms with van der Waals surface area (Å²) in [7, 11) is -5.57. The van der Waals surface area contributed by atoms with Crippen molar-refractivity contribution in [2.45, 2.75) is 32.6 Å². The summed E-state index contributed by atoms with van der Waals surface area (Å²) in [4.78, 5) is -0.366. The lowest BCUT2D eigenvalue weighted by molar-refractivity contribution is 0.359. The number of benzene rings is 1. The van der Waals surface area contributed by atoms with E-state index in [1.165, 1.54) is 12.1 Å². The average molecular weight is 231 g/mol. The zero-order valence-corrected chi connectivity index (χ0v) is 10.3. The van der Waals surface area contributed by atoms with Crippen LogP contribution in [0.5, 0.6) is 0 Å². The van der Waals surface area contributed by atoms with E-state index in [0.29, 0.717) is 11.1 Å². The van der Waals surface area contributed by atoms with Gasteiger partial charge in [0.25, 0.3) is 0 Å². The monoisotopic (exact) mass is 231 g/mol. The van der Waals surface area contributed by atoms with Crippen LogP contribution in [0.1, 0.15) is 25.0 Å². The van der Waals surface area contributed by atoms with E-state index in [-0.39, 0.29) is 4.90 Å². The molecule has 1 aromatic carbocycles. The number of rotatable bonds is 1. The Morgan fingerprint density at radius 1 is 1.07 bits per heavy atom. The first-order chi connectivity index (χ1) is 6.65. The van der Waals surface area contributed by atoms with E-state index in [0.717, 1.165) is 0 Å². The van der Waals surface area contributed by atoms with Gasteiger partial charge in [-0.05, 0) is 37.1 Å². The van der Waals surface area contributed by atoms with E-state index in [1.807, 2.05) is 13.8 Å². The fourth-order valence-electron chi connectivity index (χ4n) is 1.15. The van der Waals surface area contributed by atoms with Gasteiger partial charge in [0.1, 0.15) is 0 Å². The Labute approximate surface area is 90.7 Å². The number of sulfonamides is 3. The van der Waals surface area contributed by atoms with Gasteiger partial charge in [-0.1, -0.05) is 19.9 Å². The molecule has 88 valence electrons. The lowest BCUT2D eigenvalue weighted by atomic mass is 10.2. The molecule has 0 aliphatic heterocycles. The summed E-state index contributed by atoms with van der Waals surface area (Å²) in [6.45, 7) is 7.41. The molecule has 15 heavy (non-hydrogen) atoms. The van der Waals surface area contributed by atoms with Crippen LogP contribution < -0.4 is 5.14 Å². The quantitative estimate of drug-likeness (QED) is 0.796. The molecule has 1 rings (SSSR count). The highest BCUT2D eigenvalue weighted by atomic mass is 32.3. The van der Waals surface area contributed by atoms with E-state index in [1.54, 1.807) is 19.9 Å². The molecule has 2 N–H and O–H groups in total. The van der Waals surface area contributed by atoms with Crippen molar-refractivity contribution in [3.05, 3.63) is 29.3 Å². The van der Waals surface area contributed by atoms with Gasteiger partial charge in [-0.3, -0.25) is 9.35 Å². The van der Waals surface area contributed by atoms with Crippen LogP contribution in [0, 0.1) is 13.8 Å². The summed E-state index contributed by atoms with van der Waals surface area (Å²) in [5.74, 6) is 0. The summed E-state index contributed by atoms with van der Waals surface area (Å²) in [5.41, 5.74) is 1.40. The van der Waals surface area contributed by atoms with Crippen molar-refractivity contribution < 1.29 is 13.3 Å². The fourth-order valence-corrected chi connectivity index (χ4v) is 1.94. The van der Waals surface area contributed by atoms with Crippen molar-refractivity contribution in [1.29, 1.82) is 0 Å². The van der Waals surface area contributed by atoms with Gasteiger partial charge in [0.15, 0.2) is 0 Å². The first-order valence-electron chi connectivity index (χ1n) is 4.67. The van der Waals surface area contributed by atoms with Gasteiger partial charge in [0, 0.05) is 4.90 Å². The Morgan fingerprint density at radius 3 is 1.67 bits per heavy atom.